The molecule has 30 heavy (non-hydrogen) atoms. The predicted octanol–water partition coefficient (Wildman–Crippen LogP) is 5.83. The van der Waals surface area contributed by atoms with Crippen LogP contribution in [0.2, 0.25) is 5.02 Å². The van der Waals surface area contributed by atoms with Crippen LogP contribution in [0, 0.1) is 0 Å². The van der Waals surface area contributed by atoms with E-state index < -0.39 is 0 Å². The Morgan fingerprint density at radius 3 is 2.37 bits per heavy atom. The molecule has 5 nitrogen and oxygen atoms in total. The lowest BCUT2D eigenvalue weighted by molar-refractivity contribution is -0.113. The van der Waals surface area contributed by atoms with Gasteiger partial charge in [-0.3, -0.25) is 4.79 Å². The lowest BCUT2D eigenvalue weighted by Crippen LogP contribution is -2.14. The molecular weight excluding hydrogens is 418 g/mol. The number of rotatable bonds is 6. The lowest BCUT2D eigenvalue weighted by atomic mass is 10.1. The number of nitrogens with one attached hydrogen (secondary N) is 2. The van der Waals surface area contributed by atoms with E-state index in [-0.39, 0.29) is 23.1 Å². The smallest absolute Gasteiger partial charge is 0.234 e. The van der Waals surface area contributed by atoms with Gasteiger partial charge >= 0.3 is 0 Å². The SMILES string of the molecule is O=C(CSc1nc(-c2ccccc2)c(-c2ccccc2)[nH]1)Nc1cc(Cl)ccc1O. The van der Waals surface area contributed by atoms with Crippen LogP contribution in [-0.4, -0.2) is 26.7 Å². The number of phenolic OH excluding ortho intramolecular Hbond substituents is 1. The minimum atomic E-state index is -0.267. The number of thioether (sulfide) groups is 1. The summed E-state index contributed by atoms with van der Waals surface area (Å²) in [5.41, 5.74) is 4.02. The first-order valence-corrected chi connectivity index (χ1v) is 10.6. The van der Waals surface area contributed by atoms with Crippen molar-refractivity contribution in [3.63, 3.8) is 0 Å². The molecule has 0 aliphatic heterocycles. The Hall–Kier alpha value is -3.22. The van der Waals surface area contributed by atoms with Crippen molar-refractivity contribution in [3.8, 4) is 28.3 Å². The summed E-state index contributed by atoms with van der Waals surface area (Å²) >= 11 is 7.22. The molecule has 3 N–H and O–H groups in total. The van der Waals surface area contributed by atoms with Crippen LogP contribution in [0.25, 0.3) is 22.5 Å². The van der Waals surface area contributed by atoms with Gasteiger partial charge in [0, 0.05) is 16.1 Å². The largest absolute Gasteiger partial charge is 0.506 e. The van der Waals surface area contributed by atoms with Gasteiger partial charge in [0.2, 0.25) is 5.91 Å². The van der Waals surface area contributed by atoms with Gasteiger partial charge in [0.05, 0.1) is 22.8 Å². The summed E-state index contributed by atoms with van der Waals surface area (Å²) < 4.78 is 0. The first-order valence-electron chi connectivity index (χ1n) is 9.22. The van der Waals surface area contributed by atoms with Crippen LogP contribution in [0.4, 0.5) is 5.69 Å². The van der Waals surface area contributed by atoms with Crippen molar-refractivity contribution in [2.24, 2.45) is 0 Å². The van der Waals surface area contributed by atoms with Gasteiger partial charge in [0.15, 0.2) is 5.16 Å². The third-order valence-electron chi connectivity index (χ3n) is 4.36. The maximum Gasteiger partial charge on any atom is 0.234 e. The van der Waals surface area contributed by atoms with Gasteiger partial charge in [-0.2, -0.15) is 0 Å². The zero-order valence-corrected chi connectivity index (χ0v) is 17.4. The predicted molar refractivity (Wildman–Crippen MR) is 122 cm³/mol. The number of amides is 1. The summed E-state index contributed by atoms with van der Waals surface area (Å²) in [6, 6.07) is 24.4. The maximum atomic E-state index is 12.4. The van der Waals surface area contributed by atoms with Crippen molar-refractivity contribution in [2.45, 2.75) is 5.16 Å². The van der Waals surface area contributed by atoms with Gasteiger partial charge in [-0.25, -0.2) is 4.98 Å². The van der Waals surface area contributed by atoms with Crippen molar-refractivity contribution in [3.05, 3.63) is 83.9 Å². The molecule has 1 aromatic heterocycles. The Morgan fingerprint density at radius 2 is 1.67 bits per heavy atom. The zero-order chi connectivity index (χ0) is 20.9. The fraction of sp³-hybridized carbons (Fsp3) is 0.0435. The maximum absolute atomic E-state index is 12.4. The second kappa shape index (κ2) is 9.07. The summed E-state index contributed by atoms with van der Waals surface area (Å²) in [5, 5.41) is 13.6. The fourth-order valence-corrected chi connectivity index (χ4v) is 3.81. The molecule has 1 heterocycles. The molecule has 0 radical (unpaired) electrons. The van der Waals surface area contributed by atoms with E-state index in [1.54, 1.807) is 6.07 Å². The highest BCUT2D eigenvalue weighted by Gasteiger charge is 2.15. The van der Waals surface area contributed by atoms with Gasteiger partial charge in [-0.05, 0) is 18.2 Å². The number of halogens is 1. The van der Waals surface area contributed by atoms with Crippen LogP contribution < -0.4 is 5.32 Å². The molecule has 0 aliphatic carbocycles. The number of aromatic amines is 1. The Balaban J connectivity index is 1.54. The van der Waals surface area contributed by atoms with Crippen LogP contribution >= 0.6 is 23.4 Å². The van der Waals surface area contributed by atoms with Crippen LogP contribution in [0.5, 0.6) is 5.75 Å². The summed E-state index contributed by atoms with van der Waals surface area (Å²) in [6.07, 6.45) is 0. The van der Waals surface area contributed by atoms with Gasteiger partial charge in [-0.15, -0.1) is 0 Å². The molecule has 4 rings (SSSR count). The molecule has 0 atom stereocenters. The van der Waals surface area contributed by atoms with Gasteiger partial charge < -0.3 is 15.4 Å². The molecule has 0 unspecified atom stereocenters. The monoisotopic (exact) mass is 435 g/mol. The van der Waals surface area contributed by atoms with Crippen molar-refractivity contribution in [1.29, 1.82) is 0 Å². The van der Waals surface area contributed by atoms with E-state index in [9.17, 15) is 9.90 Å². The summed E-state index contributed by atoms with van der Waals surface area (Å²) in [7, 11) is 0. The van der Waals surface area contributed by atoms with Crippen LogP contribution in [0.1, 0.15) is 0 Å². The number of aromatic hydroxyl groups is 1. The molecular formula is C23H18ClN3O2S. The number of imidazole rings is 1. The number of carbonyl (C=O) groups excluding carboxylic acids is 1. The number of H-pyrrole nitrogens is 1. The van der Waals surface area contributed by atoms with Gasteiger partial charge in [0.25, 0.3) is 0 Å². The molecule has 0 saturated carbocycles. The third kappa shape index (κ3) is 4.67. The van der Waals surface area contributed by atoms with E-state index in [1.165, 1.54) is 23.9 Å². The van der Waals surface area contributed by atoms with Crippen molar-refractivity contribution >= 4 is 35.0 Å². The van der Waals surface area contributed by atoms with E-state index in [2.05, 4.69) is 10.3 Å². The fourth-order valence-electron chi connectivity index (χ4n) is 2.97. The molecule has 0 bridgehead atoms. The van der Waals surface area contributed by atoms with E-state index >= 15 is 0 Å². The number of hydrogen-bond acceptors (Lipinski definition) is 4. The average molecular weight is 436 g/mol. The quantitative estimate of drug-likeness (QED) is 0.263. The van der Waals surface area contributed by atoms with Crippen LogP contribution in [0.3, 0.4) is 0 Å². The number of phenols is 1. The third-order valence-corrected chi connectivity index (χ3v) is 5.47. The summed E-state index contributed by atoms with van der Waals surface area (Å²) in [4.78, 5) is 20.4. The van der Waals surface area contributed by atoms with Crippen molar-refractivity contribution in [2.75, 3.05) is 11.1 Å². The van der Waals surface area contributed by atoms with Crippen LogP contribution in [0.15, 0.2) is 84.0 Å². The zero-order valence-electron chi connectivity index (χ0n) is 15.8. The van der Waals surface area contributed by atoms with Crippen molar-refractivity contribution < 1.29 is 9.90 Å². The highest BCUT2D eigenvalue weighted by Crippen LogP contribution is 2.33. The Kier molecular flexibility index (Phi) is 6.07. The van der Waals surface area contributed by atoms with Gasteiger partial charge in [-0.1, -0.05) is 84.0 Å². The number of benzene rings is 3. The first-order chi connectivity index (χ1) is 14.6. The number of aromatic nitrogens is 2. The van der Waals surface area contributed by atoms with E-state index in [4.69, 9.17) is 16.6 Å². The first kappa shape index (κ1) is 20.1. The molecule has 0 aliphatic rings. The molecule has 0 spiro atoms. The second-order valence-electron chi connectivity index (χ2n) is 6.50. The second-order valence-corrected chi connectivity index (χ2v) is 7.90. The van der Waals surface area contributed by atoms with E-state index in [0.29, 0.717) is 10.2 Å². The molecule has 0 saturated heterocycles. The highest BCUT2D eigenvalue weighted by molar-refractivity contribution is 7.99. The summed E-state index contributed by atoms with van der Waals surface area (Å²) in [6.45, 7) is 0. The molecule has 4 aromatic rings. The molecule has 1 amide bonds. The average Bonchev–Trinajstić information content (AvgIpc) is 3.20. The number of anilines is 1. The molecule has 150 valence electrons. The molecule has 7 heteroatoms. The lowest BCUT2D eigenvalue weighted by Gasteiger charge is -2.07. The minimum absolute atomic E-state index is 0.0338. The Bertz CT molecular complexity index is 1110. The van der Waals surface area contributed by atoms with Crippen LogP contribution in [-0.2, 0) is 4.79 Å². The number of carbonyl (C=O) groups is 1. The molecule has 0 fully saturated rings. The standard InChI is InChI=1S/C23H18ClN3O2S/c24-17-11-12-19(28)18(13-17)25-20(29)14-30-23-26-21(15-7-3-1-4-8-15)22(27-23)16-9-5-2-6-10-16/h1-13,28H,14H2,(H,25,29)(H,26,27). The minimum Gasteiger partial charge on any atom is -0.506 e. The Morgan fingerprint density at radius 1 is 1.00 bits per heavy atom. The summed E-state index contributed by atoms with van der Waals surface area (Å²) in [5.74, 6) is -0.174. The van der Waals surface area contributed by atoms with Crippen molar-refractivity contribution in [1.82, 2.24) is 9.97 Å². The Labute approximate surface area is 183 Å². The number of nitrogens with zero attached hydrogens (tertiary/aromatic N) is 1. The number of hydrogen-bond donors (Lipinski definition) is 3. The topological polar surface area (TPSA) is 78.0 Å². The molecule has 3 aromatic carbocycles. The normalized spacial score (nSPS) is 10.7. The highest BCUT2D eigenvalue weighted by atomic mass is 35.5. The van der Waals surface area contributed by atoms with Gasteiger partial charge in [0.1, 0.15) is 5.75 Å². The van der Waals surface area contributed by atoms with E-state index in [0.717, 1.165) is 22.5 Å². The van der Waals surface area contributed by atoms with E-state index in [1.807, 2.05) is 60.7 Å².